The summed E-state index contributed by atoms with van der Waals surface area (Å²) in [7, 11) is 2.18. The molecule has 0 radical (unpaired) electrons. The largest absolute Gasteiger partial charge is 0.398 e. The summed E-state index contributed by atoms with van der Waals surface area (Å²) in [5, 5.41) is 7.97. The van der Waals surface area contributed by atoms with Gasteiger partial charge < -0.3 is 16.0 Å². The molecule has 1 heterocycles. The highest BCUT2D eigenvalue weighted by Gasteiger charge is 2.12. The highest BCUT2D eigenvalue weighted by molar-refractivity contribution is 6.11. The van der Waals surface area contributed by atoms with E-state index in [2.05, 4.69) is 43.2 Å². The molecule has 0 spiro atoms. The van der Waals surface area contributed by atoms with Gasteiger partial charge in [0, 0.05) is 44.0 Å². The maximum absolute atomic E-state index is 13.3. The molecule has 0 amide bonds. The van der Waals surface area contributed by atoms with Crippen LogP contribution in [-0.4, -0.2) is 55.3 Å². The van der Waals surface area contributed by atoms with Crippen molar-refractivity contribution in [2.75, 3.05) is 45.5 Å². The molecule has 3 rings (SSSR count). The first kappa shape index (κ1) is 31.7. The summed E-state index contributed by atoms with van der Waals surface area (Å²) in [6.07, 6.45) is 11.2. The van der Waals surface area contributed by atoms with E-state index in [4.69, 9.17) is 11.1 Å². The lowest BCUT2D eigenvalue weighted by Gasteiger charge is -2.32. The van der Waals surface area contributed by atoms with Crippen molar-refractivity contribution >= 4 is 17.5 Å². The summed E-state index contributed by atoms with van der Waals surface area (Å²) >= 11 is 0. The van der Waals surface area contributed by atoms with Gasteiger partial charge in [-0.2, -0.15) is 0 Å². The van der Waals surface area contributed by atoms with Crippen LogP contribution in [0.1, 0.15) is 37.5 Å². The van der Waals surface area contributed by atoms with Crippen LogP contribution < -0.4 is 5.73 Å². The number of aryl methyl sites for hydroxylation is 1. The Balaban J connectivity index is 0.000000652. The third-order valence-corrected chi connectivity index (χ3v) is 5.02. The molecule has 6 heteroatoms. The molecule has 35 heavy (non-hydrogen) atoms. The number of terminal acetylenes is 1. The molecular weight excluding hydrogens is 442 g/mol. The topological polar surface area (TPSA) is 56.4 Å². The van der Waals surface area contributed by atoms with Gasteiger partial charge in [0.05, 0.1) is 5.71 Å². The van der Waals surface area contributed by atoms with Crippen molar-refractivity contribution in [2.24, 2.45) is 0 Å². The van der Waals surface area contributed by atoms with Gasteiger partial charge in [0.2, 0.25) is 0 Å². The molecule has 0 bridgehead atoms. The van der Waals surface area contributed by atoms with Crippen molar-refractivity contribution in [3.63, 3.8) is 0 Å². The minimum atomic E-state index is -0.387. The molecule has 0 saturated carbocycles. The SMILES string of the molecule is C#C.C=C(C)CN1CCN(C)CC1.CC.Cc1cc(C(=N)/C=C/c2ccc(F)cc2)c(N)cc1F. The van der Waals surface area contributed by atoms with Crippen LogP contribution in [0.25, 0.3) is 6.08 Å². The lowest BCUT2D eigenvalue weighted by molar-refractivity contribution is 0.164. The van der Waals surface area contributed by atoms with Gasteiger partial charge in [-0.25, -0.2) is 8.78 Å². The van der Waals surface area contributed by atoms with Gasteiger partial charge in [0.1, 0.15) is 11.6 Å². The van der Waals surface area contributed by atoms with E-state index >= 15 is 0 Å². The monoisotopic (exact) mass is 482 g/mol. The van der Waals surface area contributed by atoms with E-state index < -0.39 is 0 Å². The molecule has 2 aromatic carbocycles. The number of nitrogen functional groups attached to an aromatic ring is 1. The zero-order valence-corrected chi connectivity index (χ0v) is 21.7. The van der Waals surface area contributed by atoms with E-state index in [0.29, 0.717) is 11.1 Å². The predicted molar refractivity (Wildman–Crippen MR) is 148 cm³/mol. The minimum absolute atomic E-state index is 0.176. The van der Waals surface area contributed by atoms with Crippen molar-refractivity contribution in [2.45, 2.75) is 27.7 Å². The second kappa shape index (κ2) is 17.2. The van der Waals surface area contributed by atoms with Crippen LogP contribution in [0, 0.1) is 36.8 Å². The molecule has 4 nitrogen and oxygen atoms in total. The first-order chi connectivity index (χ1) is 16.7. The van der Waals surface area contributed by atoms with Gasteiger partial charge in [-0.3, -0.25) is 4.90 Å². The van der Waals surface area contributed by atoms with Gasteiger partial charge in [-0.1, -0.05) is 44.2 Å². The quantitative estimate of drug-likeness (QED) is 0.237. The van der Waals surface area contributed by atoms with Crippen molar-refractivity contribution in [1.29, 1.82) is 5.41 Å². The number of hydrogen-bond donors (Lipinski definition) is 2. The molecule has 0 atom stereocenters. The Morgan fingerprint density at radius 2 is 1.63 bits per heavy atom. The molecule has 1 aliphatic rings. The Kier molecular flexibility index (Phi) is 15.6. The summed E-state index contributed by atoms with van der Waals surface area (Å²) in [5.41, 5.74) is 9.07. The minimum Gasteiger partial charge on any atom is -0.398 e. The zero-order chi connectivity index (χ0) is 27.0. The Morgan fingerprint density at radius 1 is 1.09 bits per heavy atom. The molecule has 1 fully saturated rings. The van der Waals surface area contributed by atoms with Crippen LogP contribution in [-0.2, 0) is 0 Å². The summed E-state index contributed by atoms with van der Waals surface area (Å²) in [5.74, 6) is -0.697. The van der Waals surface area contributed by atoms with Crippen LogP contribution in [0.3, 0.4) is 0 Å². The number of nitrogens with two attached hydrogens (primary N) is 1. The number of likely N-dealkylation sites (N-methyl/N-ethyl adjacent to an activating group) is 1. The van der Waals surface area contributed by atoms with E-state index in [1.165, 1.54) is 50.0 Å². The number of nitrogens with zero attached hydrogens (tertiary/aromatic N) is 2. The van der Waals surface area contributed by atoms with Crippen LogP contribution in [0.2, 0.25) is 0 Å². The van der Waals surface area contributed by atoms with Crippen molar-refractivity contribution in [3.8, 4) is 12.8 Å². The number of piperazine rings is 1. The number of benzene rings is 2. The number of rotatable bonds is 5. The fraction of sp³-hybridized carbons (Fsp3) is 0.345. The maximum Gasteiger partial charge on any atom is 0.128 e. The van der Waals surface area contributed by atoms with Gasteiger partial charge >= 0.3 is 0 Å². The normalized spacial score (nSPS) is 13.4. The second-order valence-electron chi connectivity index (χ2n) is 8.02. The van der Waals surface area contributed by atoms with Crippen molar-refractivity contribution in [3.05, 3.63) is 83.0 Å². The fourth-order valence-corrected chi connectivity index (χ4v) is 3.16. The summed E-state index contributed by atoms with van der Waals surface area (Å²) in [6.45, 7) is 17.5. The predicted octanol–water partition coefficient (Wildman–Crippen LogP) is 6.02. The van der Waals surface area contributed by atoms with Crippen LogP contribution in [0.5, 0.6) is 0 Å². The highest BCUT2D eigenvalue weighted by Crippen LogP contribution is 2.19. The highest BCUT2D eigenvalue weighted by atomic mass is 19.1. The van der Waals surface area contributed by atoms with Gasteiger partial charge in [0.15, 0.2) is 0 Å². The summed E-state index contributed by atoms with van der Waals surface area (Å²) < 4.78 is 26.1. The van der Waals surface area contributed by atoms with E-state index in [0.717, 1.165) is 12.1 Å². The third kappa shape index (κ3) is 12.1. The number of anilines is 1. The zero-order valence-electron chi connectivity index (χ0n) is 21.7. The molecule has 1 saturated heterocycles. The van der Waals surface area contributed by atoms with E-state index in [-0.39, 0.29) is 23.0 Å². The average Bonchev–Trinajstić information content (AvgIpc) is 2.85. The lowest BCUT2D eigenvalue weighted by atomic mass is 10.0. The number of halogens is 2. The number of nitrogens with one attached hydrogen (secondary N) is 1. The van der Waals surface area contributed by atoms with Crippen LogP contribution >= 0.6 is 0 Å². The first-order valence-electron chi connectivity index (χ1n) is 11.6. The molecular formula is C29H40F2N4. The second-order valence-corrected chi connectivity index (χ2v) is 8.02. The Bertz CT molecular complexity index is 970. The number of hydrogen-bond acceptors (Lipinski definition) is 4. The van der Waals surface area contributed by atoms with Gasteiger partial charge in [0.25, 0.3) is 0 Å². The Hall–Kier alpha value is -3.27. The standard InChI is InChI=1S/C16H14F2N2.C9H18N2.C2H6.C2H2/c1-10-8-13(16(20)9-14(10)18)15(19)7-4-11-2-5-12(17)6-3-11;1-9(2)8-11-6-4-10(3)5-7-11;2*1-2/h2-9,19H,20H2,1H3;1,4-8H2,2-3H3;1-2H3;1-2H/b7-4+,19-15?;;;. The van der Waals surface area contributed by atoms with Crippen LogP contribution in [0.15, 0.2) is 54.6 Å². The fourth-order valence-electron chi connectivity index (χ4n) is 3.16. The van der Waals surface area contributed by atoms with Gasteiger partial charge in [-0.05, 0) is 62.4 Å². The van der Waals surface area contributed by atoms with E-state index in [9.17, 15) is 8.78 Å². The molecule has 3 N–H and O–H groups in total. The molecule has 190 valence electrons. The van der Waals surface area contributed by atoms with Gasteiger partial charge in [-0.15, -0.1) is 12.8 Å². The molecule has 1 aliphatic heterocycles. The number of allylic oxidation sites excluding steroid dienone is 1. The Morgan fingerprint density at radius 3 is 2.14 bits per heavy atom. The molecule has 0 aliphatic carbocycles. The van der Waals surface area contributed by atoms with Crippen molar-refractivity contribution < 1.29 is 8.78 Å². The molecule has 0 aromatic heterocycles. The average molecular weight is 483 g/mol. The summed E-state index contributed by atoms with van der Waals surface area (Å²) in [6, 6.07) is 8.67. The van der Waals surface area contributed by atoms with E-state index in [1.54, 1.807) is 37.3 Å². The molecule has 0 unspecified atom stereocenters. The maximum atomic E-state index is 13.3. The van der Waals surface area contributed by atoms with Crippen LogP contribution in [0.4, 0.5) is 14.5 Å². The van der Waals surface area contributed by atoms with Crippen molar-refractivity contribution in [1.82, 2.24) is 9.80 Å². The smallest absolute Gasteiger partial charge is 0.128 e. The summed E-state index contributed by atoms with van der Waals surface area (Å²) in [4.78, 5) is 4.83. The molecule has 2 aromatic rings. The lowest BCUT2D eigenvalue weighted by Crippen LogP contribution is -2.44. The first-order valence-corrected chi connectivity index (χ1v) is 11.6. The third-order valence-electron chi connectivity index (χ3n) is 5.02. The Labute approximate surface area is 210 Å². The van der Waals surface area contributed by atoms with E-state index in [1.807, 2.05) is 13.8 Å².